The second-order valence-corrected chi connectivity index (χ2v) is 4.62. The monoisotopic (exact) mass is 248 g/mol. The van der Waals surface area contributed by atoms with Crippen LogP contribution in [0.2, 0.25) is 0 Å². The van der Waals surface area contributed by atoms with Gasteiger partial charge in [-0.2, -0.15) is 0 Å². The number of carbonyl (C=O) groups is 1. The van der Waals surface area contributed by atoms with Gasteiger partial charge in [0.1, 0.15) is 5.82 Å². The van der Waals surface area contributed by atoms with Crippen LogP contribution in [0.3, 0.4) is 0 Å². The van der Waals surface area contributed by atoms with Crippen LogP contribution in [0.5, 0.6) is 0 Å². The number of aromatic nitrogens is 1. The zero-order chi connectivity index (χ0) is 12.5. The van der Waals surface area contributed by atoms with E-state index in [2.05, 4.69) is 5.16 Å². The molecule has 3 rings (SSSR count). The minimum Gasteiger partial charge on any atom is -0.356 e. The lowest BCUT2D eigenvalue weighted by atomic mass is 9.92. The molecule has 1 saturated heterocycles. The standard InChI is InChI=1S/C13H13FN2O2/c14-10-1-2-12-11(7-10)13(15-18-12)9-3-5-16(8-17)6-4-9/h1-2,7-9H,3-6H2. The Morgan fingerprint density at radius 3 is 2.89 bits per heavy atom. The molecule has 0 N–H and O–H groups in total. The van der Waals surface area contributed by atoms with E-state index in [1.165, 1.54) is 12.1 Å². The predicted molar refractivity (Wildman–Crippen MR) is 63.6 cm³/mol. The maximum absolute atomic E-state index is 13.3. The van der Waals surface area contributed by atoms with Gasteiger partial charge in [0.05, 0.1) is 5.69 Å². The third-order valence-corrected chi connectivity index (χ3v) is 3.53. The Hall–Kier alpha value is -1.91. The third kappa shape index (κ3) is 1.85. The highest BCUT2D eigenvalue weighted by molar-refractivity contribution is 5.79. The maximum Gasteiger partial charge on any atom is 0.209 e. The molecule has 0 atom stereocenters. The highest BCUT2D eigenvalue weighted by atomic mass is 19.1. The molecule has 1 amide bonds. The largest absolute Gasteiger partial charge is 0.356 e. The van der Waals surface area contributed by atoms with Crippen LogP contribution in [0, 0.1) is 5.82 Å². The summed E-state index contributed by atoms with van der Waals surface area (Å²) in [7, 11) is 0. The van der Waals surface area contributed by atoms with E-state index < -0.39 is 0 Å². The van der Waals surface area contributed by atoms with Crippen molar-refractivity contribution in [1.29, 1.82) is 0 Å². The van der Waals surface area contributed by atoms with Gasteiger partial charge in [0.2, 0.25) is 6.41 Å². The number of amides is 1. The first-order valence-corrected chi connectivity index (χ1v) is 6.02. The lowest BCUT2D eigenvalue weighted by molar-refractivity contribution is -0.119. The molecule has 2 aromatic rings. The fourth-order valence-electron chi connectivity index (χ4n) is 2.50. The van der Waals surface area contributed by atoms with Crippen molar-refractivity contribution in [3.05, 3.63) is 29.7 Å². The molecule has 0 unspecified atom stereocenters. The van der Waals surface area contributed by atoms with E-state index in [-0.39, 0.29) is 11.7 Å². The van der Waals surface area contributed by atoms with Gasteiger partial charge in [-0.25, -0.2) is 4.39 Å². The highest BCUT2D eigenvalue weighted by Gasteiger charge is 2.24. The number of carbonyl (C=O) groups excluding carboxylic acids is 1. The minimum absolute atomic E-state index is 0.240. The second kappa shape index (κ2) is 4.40. The van der Waals surface area contributed by atoms with Gasteiger partial charge in [-0.3, -0.25) is 4.79 Å². The van der Waals surface area contributed by atoms with Crippen LogP contribution in [0.4, 0.5) is 4.39 Å². The summed E-state index contributed by atoms with van der Waals surface area (Å²) in [5, 5.41) is 4.81. The van der Waals surface area contributed by atoms with E-state index in [1.54, 1.807) is 11.0 Å². The molecule has 0 spiro atoms. The number of nitrogens with zero attached hydrogens (tertiary/aromatic N) is 2. The van der Waals surface area contributed by atoms with Gasteiger partial charge in [0.15, 0.2) is 5.58 Å². The van der Waals surface area contributed by atoms with Crippen molar-refractivity contribution in [3.63, 3.8) is 0 Å². The van der Waals surface area contributed by atoms with Gasteiger partial charge >= 0.3 is 0 Å². The van der Waals surface area contributed by atoms with Gasteiger partial charge < -0.3 is 9.42 Å². The lowest BCUT2D eigenvalue weighted by Crippen LogP contribution is -2.31. The van der Waals surface area contributed by atoms with Crippen LogP contribution >= 0.6 is 0 Å². The SMILES string of the molecule is O=CN1CCC(c2noc3ccc(F)cc23)CC1. The van der Waals surface area contributed by atoms with Gasteiger partial charge in [-0.05, 0) is 31.0 Å². The first kappa shape index (κ1) is 11.2. The van der Waals surface area contributed by atoms with Crippen molar-refractivity contribution in [2.75, 3.05) is 13.1 Å². The zero-order valence-electron chi connectivity index (χ0n) is 9.80. The molecule has 1 aromatic heterocycles. The Morgan fingerprint density at radius 2 is 2.17 bits per heavy atom. The minimum atomic E-state index is -0.280. The number of hydrogen-bond donors (Lipinski definition) is 0. The summed E-state index contributed by atoms with van der Waals surface area (Å²) in [4.78, 5) is 12.4. The van der Waals surface area contributed by atoms with Crippen LogP contribution in [0.25, 0.3) is 11.0 Å². The average Bonchev–Trinajstić information content (AvgIpc) is 2.82. The second-order valence-electron chi connectivity index (χ2n) is 4.62. The van der Waals surface area contributed by atoms with Crippen molar-refractivity contribution >= 4 is 17.4 Å². The molecule has 2 heterocycles. The summed E-state index contributed by atoms with van der Waals surface area (Å²) >= 11 is 0. The number of likely N-dealkylation sites (tertiary alicyclic amines) is 1. The predicted octanol–water partition coefficient (Wildman–Crippen LogP) is 2.30. The molecular weight excluding hydrogens is 235 g/mol. The lowest BCUT2D eigenvalue weighted by Gasteiger charge is -2.27. The highest BCUT2D eigenvalue weighted by Crippen LogP contribution is 2.32. The number of rotatable bonds is 2. The first-order chi connectivity index (χ1) is 8.78. The van der Waals surface area contributed by atoms with Crippen molar-refractivity contribution in [3.8, 4) is 0 Å². The molecule has 0 radical (unpaired) electrons. The fourth-order valence-corrected chi connectivity index (χ4v) is 2.50. The Balaban J connectivity index is 1.90. The Bertz CT molecular complexity index is 573. The van der Waals surface area contributed by atoms with Crippen molar-refractivity contribution < 1.29 is 13.7 Å². The topological polar surface area (TPSA) is 46.3 Å². The van der Waals surface area contributed by atoms with Crippen molar-refractivity contribution in [2.24, 2.45) is 0 Å². The number of fused-ring (bicyclic) bond motifs is 1. The average molecular weight is 248 g/mol. The molecule has 4 nitrogen and oxygen atoms in total. The molecule has 0 saturated carbocycles. The van der Waals surface area contributed by atoms with Gasteiger partial charge in [-0.15, -0.1) is 0 Å². The molecule has 5 heteroatoms. The summed E-state index contributed by atoms with van der Waals surface area (Å²) in [6.45, 7) is 1.44. The number of piperidine rings is 1. The molecule has 94 valence electrons. The normalized spacial score (nSPS) is 17.3. The smallest absolute Gasteiger partial charge is 0.209 e. The van der Waals surface area contributed by atoms with E-state index in [1.807, 2.05) is 0 Å². The van der Waals surface area contributed by atoms with Crippen LogP contribution in [-0.4, -0.2) is 29.6 Å². The summed E-state index contributed by atoms with van der Waals surface area (Å²) in [5.41, 5.74) is 1.43. The maximum atomic E-state index is 13.3. The van der Waals surface area contributed by atoms with E-state index in [4.69, 9.17) is 4.52 Å². The molecule has 1 aromatic carbocycles. The molecule has 1 aliphatic heterocycles. The summed E-state index contributed by atoms with van der Waals surface area (Å²) in [6, 6.07) is 4.43. The molecule has 0 bridgehead atoms. The van der Waals surface area contributed by atoms with Crippen LogP contribution in [-0.2, 0) is 4.79 Å². The Kier molecular flexibility index (Phi) is 2.74. The van der Waals surface area contributed by atoms with E-state index in [0.29, 0.717) is 5.58 Å². The summed E-state index contributed by atoms with van der Waals surface area (Å²) in [6.07, 6.45) is 2.56. The molecule has 1 aliphatic rings. The van der Waals surface area contributed by atoms with Gasteiger partial charge in [0, 0.05) is 24.4 Å². The van der Waals surface area contributed by atoms with Crippen LogP contribution in [0.15, 0.2) is 22.7 Å². The third-order valence-electron chi connectivity index (χ3n) is 3.53. The van der Waals surface area contributed by atoms with Crippen molar-refractivity contribution in [1.82, 2.24) is 10.1 Å². The van der Waals surface area contributed by atoms with Crippen molar-refractivity contribution in [2.45, 2.75) is 18.8 Å². The van der Waals surface area contributed by atoms with Gasteiger partial charge in [0.25, 0.3) is 0 Å². The van der Waals surface area contributed by atoms with E-state index in [0.717, 1.165) is 43.4 Å². The quantitative estimate of drug-likeness (QED) is 0.766. The molecule has 1 fully saturated rings. The summed E-state index contributed by atoms with van der Waals surface area (Å²) in [5.74, 6) is -0.0403. The van der Waals surface area contributed by atoms with Gasteiger partial charge in [-0.1, -0.05) is 5.16 Å². The first-order valence-electron chi connectivity index (χ1n) is 6.02. The molecule has 18 heavy (non-hydrogen) atoms. The van der Waals surface area contributed by atoms with Crippen LogP contribution < -0.4 is 0 Å². The van der Waals surface area contributed by atoms with E-state index in [9.17, 15) is 9.18 Å². The fraction of sp³-hybridized carbons (Fsp3) is 0.385. The molecular formula is C13H13FN2O2. The zero-order valence-corrected chi connectivity index (χ0v) is 9.80. The Labute approximate surface area is 103 Å². The molecule has 0 aliphatic carbocycles. The van der Waals surface area contributed by atoms with E-state index >= 15 is 0 Å². The number of halogens is 1. The number of benzene rings is 1. The summed E-state index contributed by atoms with van der Waals surface area (Å²) < 4.78 is 18.5. The van der Waals surface area contributed by atoms with Crippen LogP contribution in [0.1, 0.15) is 24.5 Å². The Morgan fingerprint density at radius 1 is 1.39 bits per heavy atom. The number of hydrogen-bond acceptors (Lipinski definition) is 3.